The summed E-state index contributed by atoms with van der Waals surface area (Å²) in [5.74, 6) is 2.06. The van der Waals surface area contributed by atoms with E-state index in [1.165, 1.54) is 24.9 Å². The first-order chi connectivity index (χ1) is 12.2. The second kappa shape index (κ2) is 6.91. The first-order valence-electron chi connectivity index (χ1n) is 9.34. The predicted molar refractivity (Wildman–Crippen MR) is 103 cm³/mol. The summed E-state index contributed by atoms with van der Waals surface area (Å²) in [7, 11) is 2.15. The van der Waals surface area contributed by atoms with Crippen molar-refractivity contribution < 1.29 is 4.79 Å². The fourth-order valence-corrected chi connectivity index (χ4v) is 4.93. The summed E-state index contributed by atoms with van der Waals surface area (Å²) in [5, 5.41) is 3.15. The normalized spacial score (nSPS) is 27.2. The highest BCUT2D eigenvalue weighted by molar-refractivity contribution is 5.93. The number of nitrogens with one attached hydrogen (secondary N) is 1. The molecule has 0 radical (unpaired) electrons. The molecule has 3 heteroatoms. The fourth-order valence-electron chi connectivity index (χ4n) is 4.93. The van der Waals surface area contributed by atoms with E-state index in [1.54, 1.807) is 0 Å². The van der Waals surface area contributed by atoms with Crippen LogP contribution in [0.4, 0.5) is 11.4 Å². The molecule has 4 atom stereocenters. The summed E-state index contributed by atoms with van der Waals surface area (Å²) in [6, 6.07) is 20.3. The van der Waals surface area contributed by atoms with Gasteiger partial charge in [0.25, 0.3) is 0 Å². The summed E-state index contributed by atoms with van der Waals surface area (Å²) in [4.78, 5) is 15.3. The molecule has 2 aromatic rings. The van der Waals surface area contributed by atoms with Gasteiger partial charge in [-0.2, -0.15) is 0 Å². The summed E-state index contributed by atoms with van der Waals surface area (Å²) >= 11 is 0. The first-order valence-corrected chi connectivity index (χ1v) is 9.34. The largest absolute Gasteiger partial charge is 0.374 e. The zero-order valence-corrected chi connectivity index (χ0v) is 14.8. The molecule has 2 aliphatic carbocycles. The topological polar surface area (TPSA) is 32.3 Å². The molecule has 2 saturated carbocycles. The van der Waals surface area contributed by atoms with Gasteiger partial charge in [0, 0.05) is 30.9 Å². The number of hydrogen-bond acceptors (Lipinski definition) is 2. The molecule has 0 heterocycles. The van der Waals surface area contributed by atoms with Crippen LogP contribution in [0.1, 0.15) is 19.3 Å². The Morgan fingerprint density at radius 1 is 1.00 bits per heavy atom. The van der Waals surface area contributed by atoms with E-state index in [1.807, 2.05) is 36.4 Å². The number of amides is 1. The van der Waals surface area contributed by atoms with E-state index >= 15 is 0 Å². The number of nitrogens with zero attached hydrogens (tertiary/aromatic N) is 1. The van der Waals surface area contributed by atoms with Crippen molar-refractivity contribution in [3.63, 3.8) is 0 Å². The smallest absolute Gasteiger partial charge is 0.228 e. The molecule has 4 unspecified atom stereocenters. The molecule has 0 saturated heterocycles. The van der Waals surface area contributed by atoms with Gasteiger partial charge in [0.05, 0.1) is 0 Å². The maximum Gasteiger partial charge on any atom is 0.228 e. The fraction of sp³-hybridized carbons (Fsp3) is 0.409. The maximum absolute atomic E-state index is 13.0. The number of carbonyl (C=O) groups is 1. The summed E-state index contributed by atoms with van der Waals surface area (Å²) in [5.41, 5.74) is 2.14. The molecule has 130 valence electrons. The molecule has 2 fully saturated rings. The van der Waals surface area contributed by atoms with Crippen LogP contribution in [-0.2, 0) is 4.79 Å². The Kier molecular flexibility index (Phi) is 4.48. The lowest BCUT2D eigenvalue weighted by molar-refractivity contribution is -0.122. The second-order valence-corrected chi connectivity index (χ2v) is 7.59. The van der Waals surface area contributed by atoms with Crippen molar-refractivity contribution in [3.05, 3.63) is 60.7 Å². The lowest BCUT2D eigenvalue weighted by Crippen LogP contribution is -2.39. The molecule has 0 aliphatic heterocycles. The third kappa shape index (κ3) is 3.28. The summed E-state index contributed by atoms with van der Waals surface area (Å²) in [6.07, 6.45) is 3.72. The van der Waals surface area contributed by atoms with E-state index in [-0.39, 0.29) is 11.8 Å². The van der Waals surface area contributed by atoms with E-state index < -0.39 is 0 Å². The molecular formula is C22H26N2O. The lowest BCUT2D eigenvalue weighted by atomic mass is 9.78. The van der Waals surface area contributed by atoms with Crippen LogP contribution in [0.2, 0.25) is 0 Å². The van der Waals surface area contributed by atoms with Crippen molar-refractivity contribution in [3.8, 4) is 0 Å². The number of fused-ring (bicyclic) bond motifs is 2. The number of carbonyl (C=O) groups excluding carboxylic acids is 1. The van der Waals surface area contributed by atoms with E-state index in [4.69, 9.17) is 0 Å². The molecule has 3 nitrogen and oxygen atoms in total. The van der Waals surface area contributed by atoms with Crippen LogP contribution < -0.4 is 10.2 Å². The Bertz CT molecular complexity index is 715. The van der Waals surface area contributed by atoms with Gasteiger partial charge in [-0.3, -0.25) is 4.79 Å². The highest BCUT2D eigenvalue weighted by Crippen LogP contribution is 2.52. The maximum atomic E-state index is 13.0. The van der Waals surface area contributed by atoms with Gasteiger partial charge in [-0.15, -0.1) is 0 Å². The number of benzene rings is 2. The third-order valence-electron chi connectivity index (χ3n) is 6.11. The minimum absolute atomic E-state index is 0.144. The molecule has 1 N–H and O–H groups in total. The van der Waals surface area contributed by atoms with Gasteiger partial charge in [0.15, 0.2) is 0 Å². The van der Waals surface area contributed by atoms with Crippen molar-refractivity contribution in [2.24, 2.45) is 23.7 Å². The number of hydrogen-bond donors (Lipinski definition) is 1. The van der Waals surface area contributed by atoms with Crippen LogP contribution in [0.25, 0.3) is 0 Å². The summed E-state index contributed by atoms with van der Waals surface area (Å²) in [6.45, 7) is 0.956. The SMILES string of the molecule is CN(CC1C2CCC(C2)C1C(=O)Nc1ccccc1)c1ccccc1. The average molecular weight is 334 g/mol. The van der Waals surface area contributed by atoms with Crippen LogP contribution in [0.5, 0.6) is 0 Å². The Morgan fingerprint density at radius 2 is 1.64 bits per heavy atom. The minimum Gasteiger partial charge on any atom is -0.374 e. The zero-order chi connectivity index (χ0) is 17.2. The predicted octanol–water partition coefficient (Wildman–Crippen LogP) is 4.42. The van der Waals surface area contributed by atoms with Crippen LogP contribution in [0, 0.1) is 23.7 Å². The van der Waals surface area contributed by atoms with Gasteiger partial charge >= 0.3 is 0 Å². The van der Waals surface area contributed by atoms with Gasteiger partial charge in [-0.25, -0.2) is 0 Å². The summed E-state index contributed by atoms with van der Waals surface area (Å²) < 4.78 is 0. The minimum atomic E-state index is 0.144. The quantitative estimate of drug-likeness (QED) is 0.877. The third-order valence-corrected chi connectivity index (χ3v) is 6.11. The van der Waals surface area contributed by atoms with Crippen LogP contribution >= 0.6 is 0 Å². The van der Waals surface area contributed by atoms with Crippen molar-refractivity contribution in [1.82, 2.24) is 0 Å². The van der Waals surface area contributed by atoms with Gasteiger partial charge < -0.3 is 10.2 Å². The van der Waals surface area contributed by atoms with Crippen molar-refractivity contribution >= 4 is 17.3 Å². The number of rotatable bonds is 5. The molecule has 25 heavy (non-hydrogen) atoms. The first kappa shape index (κ1) is 16.2. The number of anilines is 2. The Hall–Kier alpha value is -2.29. The van der Waals surface area contributed by atoms with E-state index in [0.29, 0.717) is 17.8 Å². The van der Waals surface area contributed by atoms with Crippen LogP contribution in [0.3, 0.4) is 0 Å². The van der Waals surface area contributed by atoms with Crippen molar-refractivity contribution in [2.45, 2.75) is 19.3 Å². The molecule has 0 spiro atoms. The Morgan fingerprint density at radius 3 is 2.36 bits per heavy atom. The molecule has 2 aromatic carbocycles. The molecule has 2 aliphatic rings. The van der Waals surface area contributed by atoms with Gasteiger partial charge in [0.2, 0.25) is 5.91 Å². The zero-order valence-electron chi connectivity index (χ0n) is 14.8. The second-order valence-electron chi connectivity index (χ2n) is 7.59. The highest BCUT2D eigenvalue weighted by atomic mass is 16.1. The van der Waals surface area contributed by atoms with Gasteiger partial charge in [0.1, 0.15) is 0 Å². The van der Waals surface area contributed by atoms with Crippen molar-refractivity contribution in [2.75, 3.05) is 23.8 Å². The standard InChI is InChI=1S/C22H26N2O/c1-24(19-10-6-3-7-11-19)15-20-16-12-13-17(14-16)21(20)22(25)23-18-8-4-2-5-9-18/h2-11,16-17,20-21H,12-15H2,1H3,(H,23,25). The average Bonchev–Trinajstić information content (AvgIpc) is 3.25. The monoisotopic (exact) mass is 334 g/mol. The molecule has 2 bridgehead atoms. The lowest BCUT2D eigenvalue weighted by Gasteiger charge is -2.34. The van der Waals surface area contributed by atoms with Gasteiger partial charge in [-0.1, -0.05) is 36.4 Å². The Labute approximate surface area is 150 Å². The van der Waals surface area contributed by atoms with Gasteiger partial charge in [-0.05, 0) is 61.3 Å². The van der Waals surface area contributed by atoms with Crippen LogP contribution in [0.15, 0.2) is 60.7 Å². The molecule has 0 aromatic heterocycles. The molecular weight excluding hydrogens is 308 g/mol. The van der Waals surface area contributed by atoms with Crippen molar-refractivity contribution in [1.29, 1.82) is 0 Å². The van der Waals surface area contributed by atoms with E-state index in [9.17, 15) is 4.79 Å². The van der Waals surface area contributed by atoms with E-state index in [2.05, 4.69) is 41.5 Å². The molecule has 4 rings (SSSR count). The van der Waals surface area contributed by atoms with E-state index in [0.717, 1.165) is 12.2 Å². The van der Waals surface area contributed by atoms with Crippen LogP contribution in [-0.4, -0.2) is 19.5 Å². The number of para-hydroxylation sites is 2. The highest BCUT2D eigenvalue weighted by Gasteiger charge is 2.50. The molecule has 1 amide bonds. The Balaban J connectivity index is 1.49.